The maximum absolute atomic E-state index is 11.2. The molecular weight excluding hydrogens is 332 g/mol. The Labute approximate surface area is 170 Å². The summed E-state index contributed by atoms with van der Waals surface area (Å²) in [4.78, 5) is 11.2. The summed E-state index contributed by atoms with van der Waals surface area (Å²) in [6.45, 7) is 6.15. The summed E-state index contributed by atoms with van der Waals surface area (Å²) in [5.74, 6) is -0.0308. The van der Waals surface area contributed by atoms with Crippen molar-refractivity contribution in [3.05, 3.63) is 12.7 Å². The minimum absolute atomic E-state index is 0.0308. The van der Waals surface area contributed by atoms with Gasteiger partial charge >= 0.3 is 5.97 Å². The largest absolute Gasteiger partial charge is 0.466 e. The molecule has 0 saturated heterocycles. The van der Waals surface area contributed by atoms with Crippen molar-refractivity contribution in [2.24, 2.45) is 0 Å². The van der Waals surface area contributed by atoms with Gasteiger partial charge in [0.2, 0.25) is 0 Å². The van der Waals surface area contributed by atoms with Gasteiger partial charge in [-0.25, -0.2) is 0 Å². The lowest BCUT2D eigenvalue weighted by atomic mass is 10.0. The second-order valence-electron chi connectivity index (χ2n) is 8.00. The first-order valence-corrected chi connectivity index (χ1v) is 12.1. The summed E-state index contributed by atoms with van der Waals surface area (Å²) in [6.07, 6.45) is 28.4. The first-order valence-electron chi connectivity index (χ1n) is 12.1. The third-order valence-corrected chi connectivity index (χ3v) is 5.34. The summed E-state index contributed by atoms with van der Waals surface area (Å²) in [5.41, 5.74) is 0. The van der Waals surface area contributed by atoms with Crippen molar-refractivity contribution < 1.29 is 9.53 Å². The Balaban J connectivity index is 3.03. The number of carbonyl (C=O) groups is 1. The number of carbonyl (C=O) groups excluding carboxylic acids is 1. The fourth-order valence-corrected chi connectivity index (χ4v) is 3.62. The Morgan fingerprint density at radius 3 is 1.30 bits per heavy atom. The maximum atomic E-state index is 11.2. The zero-order valence-electron chi connectivity index (χ0n) is 18.5. The third kappa shape index (κ3) is 23.2. The Morgan fingerprint density at radius 1 is 0.630 bits per heavy atom. The normalized spacial score (nSPS) is 10.9. The number of hydrogen-bond acceptors (Lipinski definition) is 2. The van der Waals surface area contributed by atoms with E-state index in [0.717, 1.165) is 6.42 Å². The molecule has 0 saturated carbocycles. The van der Waals surface area contributed by atoms with E-state index in [-0.39, 0.29) is 5.97 Å². The molecule has 0 rings (SSSR count). The molecule has 27 heavy (non-hydrogen) atoms. The molecule has 0 aliphatic carbocycles. The lowest BCUT2D eigenvalue weighted by Gasteiger charge is -2.04. The number of hydrogen-bond donors (Lipinski definition) is 0. The standard InChI is InChI=1S/C25H48O2/c1-3-5-6-7-8-9-10-11-12-13-14-15-16-17-18-19-20-21-22-23-24-25(26)27-4-2/h3H,1,4-24H2,2H3. The minimum atomic E-state index is -0.0308. The smallest absolute Gasteiger partial charge is 0.305 e. The van der Waals surface area contributed by atoms with Crippen LogP contribution >= 0.6 is 0 Å². The van der Waals surface area contributed by atoms with Crippen LogP contribution in [0.4, 0.5) is 0 Å². The summed E-state index contributed by atoms with van der Waals surface area (Å²) in [5, 5.41) is 0. The SMILES string of the molecule is C=CCCCCCCCCCCCCCCCCCCCCC(=O)OCC. The molecule has 0 N–H and O–H groups in total. The molecule has 0 aliphatic rings. The van der Waals surface area contributed by atoms with Crippen molar-refractivity contribution in [2.45, 2.75) is 135 Å². The average Bonchev–Trinajstić information content (AvgIpc) is 2.66. The number of unbranched alkanes of at least 4 members (excludes halogenated alkanes) is 18. The number of esters is 1. The van der Waals surface area contributed by atoms with Crippen LogP contribution in [-0.4, -0.2) is 12.6 Å². The monoisotopic (exact) mass is 380 g/mol. The molecule has 0 atom stereocenters. The van der Waals surface area contributed by atoms with Gasteiger partial charge in [-0.05, 0) is 26.2 Å². The number of rotatable bonds is 22. The number of allylic oxidation sites excluding steroid dienone is 1. The second-order valence-corrected chi connectivity index (χ2v) is 8.00. The zero-order chi connectivity index (χ0) is 19.8. The minimum Gasteiger partial charge on any atom is -0.466 e. The lowest BCUT2D eigenvalue weighted by molar-refractivity contribution is -0.143. The molecule has 160 valence electrons. The molecule has 0 unspecified atom stereocenters. The van der Waals surface area contributed by atoms with E-state index in [1.165, 1.54) is 116 Å². The van der Waals surface area contributed by atoms with E-state index in [2.05, 4.69) is 6.58 Å². The molecule has 0 bridgehead atoms. The first kappa shape index (κ1) is 26.2. The highest BCUT2D eigenvalue weighted by molar-refractivity contribution is 5.69. The summed E-state index contributed by atoms with van der Waals surface area (Å²) in [7, 11) is 0. The topological polar surface area (TPSA) is 26.3 Å². The average molecular weight is 381 g/mol. The van der Waals surface area contributed by atoms with Gasteiger partial charge in [-0.2, -0.15) is 0 Å². The van der Waals surface area contributed by atoms with E-state index >= 15 is 0 Å². The highest BCUT2D eigenvalue weighted by Crippen LogP contribution is 2.14. The predicted molar refractivity (Wildman–Crippen MR) is 119 cm³/mol. The van der Waals surface area contributed by atoms with Crippen LogP contribution in [0.15, 0.2) is 12.7 Å². The molecule has 0 fully saturated rings. The van der Waals surface area contributed by atoms with Crippen molar-refractivity contribution >= 4 is 5.97 Å². The molecule has 0 aromatic heterocycles. The van der Waals surface area contributed by atoms with Crippen LogP contribution in [0.2, 0.25) is 0 Å². The van der Waals surface area contributed by atoms with Gasteiger partial charge in [-0.15, -0.1) is 6.58 Å². The molecule has 0 heterocycles. The van der Waals surface area contributed by atoms with Crippen LogP contribution in [0.25, 0.3) is 0 Å². The quantitative estimate of drug-likeness (QED) is 0.107. The van der Waals surface area contributed by atoms with E-state index < -0.39 is 0 Å². The second kappa shape index (κ2) is 23.2. The van der Waals surface area contributed by atoms with Gasteiger partial charge in [0.15, 0.2) is 0 Å². The van der Waals surface area contributed by atoms with E-state index in [4.69, 9.17) is 4.74 Å². The van der Waals surface area contributed by atoms with Crippen molar-refractivity contribution in [2.75, 3.05) is 6.61 Å². The molecule has 0 aromatic carbocycles. The van der Waals surface area contributed by atoms with Gasteiger partial charge in [0.05, 0.1) is 6.61 Å². The summed E-state index contributed by atoms with van der Waals surface area (Å²) in [6, 6.07) is 0. The Bertz CT molecular complexity index is 311. The highest BCUT2D eigenvalue weighted by atomic mass is 16.5. The molecule has 0 aliphatic heterocycles. The van der Waals surface area contributed by atoms with Crippen molar-refractivity contribution in [1.82, 2.24) is 0 Å². The van der Waals surface area contributed by atoms with Crippen LogP contribution in [0, 0.1) is 0 Å². The third-order valence-electron chi connectivity index (χ3n) is 5.34. The predicted octanol–water partition coefficient (Wildman–Crippen LogP) is 8.54. The molecule has 2 nitrogen and oxygen atoms in total. The van der Waals surface area contributed by atoms with E-state index in [1.807, 2.05) is 13.0 Å². The summed E-state index contributed by atoms with van der Waals surface area (Å²) >= 11 is 0. The van der Waals surface area contributed by atoms with Gasteiger partial charge in [-0.1, -0.05) is 109 Å². The van der Waals surface area contributed by atoms with Crippen molar-refractivity contribution in [3.63, 3.8) is 0 Å². The van der Waals surface area contributed by atoms with Crippen molar-refractivity contribution in [1.29, 1.82) is 0 Å². The van der Waals surface area contributed by atoms with E-state index in [0.29, 0.717) is 13.0 Å². The Kier molecular flexibility index (Phi) is 22.6. The Morgan fingerprint density at radius 2 is 0.963 bits per heavy atom. The molecular formula is C25H48O2. The lowest BCUT2D eigenvalue weighted by Crippen LogP contribution is -2.03. The maximum Gasteiger partial charge on any atom is 0.305 e. The van der Waals surface area contributed by atoms with Gasteiger partial charge in [0.1, 0.15) is 0 Å². The molecule has 0 radical (unpaired) electrons. The molecule has 0 amide bonds. The van der Waals surface area contributed by atoms with Gasteiger partial charge in [0, 0.05) is 6.42 Å². The van der Waals surface area contributed by atoms with Crippen molar-refractivity contribution in [3.8, 4) is 0 Å². The van der Waals surface area contributed by atoms with Crippen LogP contribution in [0.1, 0.15) is 135 Å². The molecule has 2 heteroatoms. The van der Waals surface area contributed by atoms with Crippen LogP contribution in [0.5, 0.6) is 0 Å². The molecule has 0 aromatic rings. The van der Waals surface area contributed by atoms with Gasteiger partial charge in [-0.3, -0.25) is 4.79 Å². The highest BCUT2D eigenvalue weighted by Gasteiger charge is 2.00. The number of ether oxygens (including phenoxy) is 1. The van der Waals surface area contributed by atoms with Crippen LogP contribution < -0.4 is 0 Å². The first-order chi connectivity index (χ1) is 13.3. The fourth-order valence-electron chi connectivity index (χ4n) is 3.62. The molecule has 0 spiro atoms. The van der Waals surface area contributed by atoms with Crippen LogP contribution in [-0.2, 0) is 9.53 Å². The Hall–Kier alpha value is -0.790. The summed E-state index contributed by atoms with van der Waals surface area (Å²) < 4.78 is 4.94. The zero-order valence-corrected chi connectivity index (χ0v) is 18.5. The van der Waals surface area contributed by atoms with Gasteiger partial charge in [0.25, 0.3) is 0 Å². The fraction of sp³-hybridized carbons (Fsp3) is 0.880. The van der Waals surface area contributed by atoms with E-state index in [9.17, 15) is 4.79 Å². The van der Waals surface area contributed by atoms with Crippen LogP contribution in [0.3, 0.4) is 0 Å². The van der Waals surface area contributed by atoms with Gasteiger partial charge < -0.3 is 4.74 Å². The van der Waals surface area contributed by atoms with E-state index in [1.54, 1.807) is 0 Å².